The number of aromatic amines is 1. The van der Waals surface area contributed by atoms with Gasteiger partial charge in [0.05, 0.1) is 28.3 Å². The summed E-state index contributed by atoms with van der Waals surface area (Å²) in [5, 5.41) is 8.03. The third kappa shape index (κ3) is 4.03. The molecule has 4 aliphatic rings. The lowest BCUT2D eigenvalue weighted by Gasteiger charge is -2.57. The lowest BCUT2D eigenvalue weighted by molar-refractivity contribution is -0.00518. The van der Waals surface area contributed by atoms with Crippen LogP contribution in [0.3, 0.4) is 0 Å². The Morgan fingerprint density at radius 1 is 0.875 bits per heavy atom. The number of nitrogens with one attached hydrogen (secondary N) is 1. The van der Waals surface area contributed by atoms with Gasteiger partial charge in [0.25, 0.3) is 5.56 Å². The number of aromatic nitrogens is 4. The van der Waals surface area contributed by atoms with Gasteiger partial charge in [0.1, 0.15) is 5.69 Å². The summed E-state index contributed by atoms with van der Waals surface area (Å²) in [6.45, 7) is 10.1. The molecule has 2 heterocycles. The Morgan fingerprint density at radius 3 is 2.12 bits per heavy atom. The van der Waals surface area contributed by atoms with Gasteiger partial charge in [0.2, 0.25) is 0 Å². The first kappa shape index (κ1) is 25.3. The zero-order valence-corrected chi connectivity index (χ0v) is 24.3. The number of benzene rings is 2. The highest BCUT2D eigenvalue weighted by Crippen LogP contribution is 2.60. The predicted molar refractivity (Wildman–Crippen MR) is 161 cm³/mol. The maximum Gasteiger partial charge on any atom is 0.280 e. The molecule has 0 spiro atoms. The highest BCUT2D eigenvalue weighted by atomic mass is 16.1. The quantitative estimate of drug-likeness (QED) is 0.278. The molecule has 4 bridgehead atoms. The summed E-state index contributed by atoms with van der Waals surface area (Å²) in [5.74, 6) is 2.76. The average Bonchev–Trinajstić information content (AvgIpc) is 3.37. The highest BCUT2D eigenvalue weighted by molar-refractivity contribution is 5.83. The van der Waals surface area contributed by atoms with Crippen molar-refractivity contribution in [2.24, 2.45) is 22.7 Å². The van der Waals surface area contributed by atoms with Crippen LogP contribution in [0.5, 0.6) is 0 Å². The Balaban J connectivity index is 1.16. The first-order chi connectivity index (χ1) is 19.2. The van der Waals surface area contributed by atoms with Gasteiger partial charge in [-0.15, -0.1) is 0 Å². The van der Waals surface area contributed by atoms with Crippen LogP contribution in [0.2, 0.25) is 0 Å². The van der Waals surface area contributed by atoms with Crippen molar-refractivity contribution in [1.82, 2.24) is 19.6 Å². The number of aliphatic imine (C=N–C) groups is 1. The van der Waals surface area contributed by atoms with Crippen LogP contribution in [0.1, 0.15) is 77.9 Å². The van der Waals surface area contributed by atoms with Gasteiger partial charge < -0.3 is 0 Å². The lowest BCUT2D eigenvalue weighted by atomic mass is 9.48. The molecule has 6 nitrogen and oxygen atoms in total. The van der Waals surface area contributed by atoms with E-state index in [1.807, 2.05) is 25.5 Å². The van der Waals surface area contributed by atoms with Crippen LogP contribution in [-0.4, -0.2) is 25.8 Å². The second kappa shape index (κ2) is 9.18. The molecule has 4 saturated carbocycles. The second-order valence-corrected chi connectivity index (χ2v) is 13.0. The largest absolute Gasteiger partial charge is 0.295 e. The fourth-order valence-corrected chi connectivity index (χ4v) is 8.38. The van der Waals surface area contributed by atoms with E-state index >= 15 is 0 Å². The fraction of sp³-hybridized carbons (Fsp3) is 0.441. The molecule has 4 aromatic rings. The minimum Gasteiger partial charge on any atom is -0.295 e. The van der Waals surface area contributed by atoms with E-state index in [9.17, 15) is 4.79 Å². The molecular formula is C34H39N5O. The summed E-state index contributed by atoms with van der Waals surface area (Å²) in [5.41, 5.74) is 10.1. The molecule has 2 aromatic carbocycles. The van der Waals surface area contributed by atoms with E-state index in [0.717, 1.165) is 51.9 Å². The zero-order chi connectivity index (χ0) is 27.8. The predicted octanol–water partition coefficient (Wildman–Crippen LogP) is 7.11. The third-order valence-corrected chi connectivity index (χ3v) is 10.2. The Morgan fingerprint density at radius 2 is 1.50 bits per heavy atom. The molecule has 4 fully saturated rings. The fourth-order valence-electron chi connectivity index (χ4n) is 8.38. The van der Waals surface area contributed by atoms with Crippen LogP contribution < -0.4 is 5.56 Å². The smallest absolute Gasteiger partial charge is 0.280 e. The molecule has 2 aromatic heterocycles. The van der Waals surface area contributed by atoms with E-state index in [1.165, 1.54) is 55.2 Å². The Hall–Kier alpha value is -3.67. The average molecular weight is 534 g/mol. The Labute approximate surface area is 236 Å². The maximum absolute atomic E-state index is 13.5. The number of nitrogens with zero attached hydrogens (tertiary/aromatic N) is 4. The van der Waals surface area contributed by atoms with Crippen molar-refractivity contribution in [3.63, 3.8) is 0 Å². The standard InChI is InChI=1S/C34H39N5O/c1-20-6-9-30(12-21(20)2)38-24(5)32(23(4)37-38)35-19-31-22(3)36-39(33(31)40)29-10-7-28(8-11-29)34-16-25-13-26(17-34)15-27(14-25)18-34/h6-12,19,25-27,36H,13-18H2,1-5H3. The van der Waals surface area contributed by atoms with Gasteiger partial charge in [-0.1, -0.05) is 18.2 Å². The monoisotopic (exact) mass is 533 g/mol. The van der Waals surface area contributed by atoms with Crippen LogP contribution in [-0.2, 0) is 5.41 Å². The van der Waals surface area contributed by atoms with Crippen molar-refractivity contribution in [2.75, 3.05) is 0 Å². The Kier molecular flexibility index (Phi) is 5.81. The van der Waals surface area contributed by atoms with Crippen molar-refractivity contribution < 1.29 is 0 Å². The molecule has 0 saturated heterocycles. The van der Waals surface area contributed by atoms with Gasteiger partial charge in [-0.05, 0) is 137 Å². The van der Waals surface area contributed by atoms with E-state index < -0.39 is 0 Å². The molecule has 0 atom stereocenters. The van der Waals surface area contributed by atoms with Gasteiger partial charge in [-0.2, -0.15) is 5.10 Å². The number of H-pyrrole nitrogens is 1. The first-order valence-corrected chi connectivity index (χ1v) is 14.8. The van der Waals surface area contributed by atoms with Crippen molar-refractivity contribution in [2.45, 2.75) is 78.6 Å². The molecular weight excluding hydrogens is 494 g/mol. The molecule has 40 heavy (non-hydrogen) atoms. The molecule has 4 aliphatic carbocycles. The van der Waals surface area contributed by atoms with Gasteiger partial charge >= 0.3 is 0 Å². The second-order valence-electron chi connectivity index (χ2n) is 13.0. The van der Waals surface area contributed by atoms with Crippen molar-refractivity contribution in [3.05, 3.63) is 92.2 Å². The van der Waals surface area contributed by atoms with Gasteiger partial charge in [-0.3, -0.25) is 14.9 Å². The third-order valence-electron chi connectivity index (χ3n) is 10.2. The summed E-state index contributed by atoms with van der Waals surface area (Å²) >= 11 is 0. The van der Waals surface area contributed by atoms with E-state index in [1.54, 1.807) is 10.9 Å². The maximum atomic E-state index is 13.5. The summed E-state index contributed by atoms with van der Waals surface area (Å²) in [7, 11) is 0. The molecule has 6 heteroatoms. The van der Waals surface area contributed by atoms with Gasteiger partial charge in [0.15, 0.2) is 0 Å². The van der Waals surface area contributed by atoms with Crippen LogP contribution in [0.15, 0.2) is 52.3 Å². The van der Waals surface area contributed by atoms with Crippen molar-refractivity contribution in [1.29, 1.82) is 0 Å². The molecule has 1 N–H and O–H groups in total. The lowest BCUT2D eigenvalue weighted by Crippen LogP contribution is -2.48. The molecule has 8 rings (SSSR count). The summed E-state index contributed by atoms with van der Waals surface area (Å²) in [6.07, 6.45) is 10.1. The van der Waals surface area contributed by atoms with E-state index in [0.29, 0.717) is 11.0 Å². The molecule has 0 aliphatic heterocycles. The van der Waals surface area contributed by atoms with Crippen molar-refractivity contribution in [3.8, 4) is 11.4 Å². The van der Waals surface area contributed by atoms with Gasteiger partial charge in [-0.25, -0.2) is 9.36 Å². The number of hydrogen-bond acceptors (Lipinski definition) is 3. The number of hydrogen-bond donors (Lipinski definition) is 1. The van der Waals surface area contributed by atoms with Crippen LogP contribution in [0.25, 0.3) is 11.4 Å². The molecule has 0 unspecified atom stereocenters. The Bertz CT molecular complexity index is 1660. The van der Waals surface area contributed by atoms with E-state index in [2.05, 4.69) is 61.4 Å². The summed E-state index contributed by atoms with van der Waals surface area (Å²) in [4.78, 5) is 18.3. The normalized spacial score (nSPS) is 25.4. The summed E-state index contributed by atoms with van der Waals surface area (Å²) < 4.78 is 3.58. The number of rotatable bonds is 5. The topological polar surface area (TPSA) is 68.0 Å². The zero-order valence-electron chi connectivity index (χ0n) is 24.3. The van der Waals surface area contributed by atoms with Crippen LogP contribution in [0, 0.1) is 52.4 Å². The van der Waals surface area contributed by atoms with E-state index in [4.69, 9.17) is 10.1 Å². The number of aryl methyl sites for hydroxylation is 4. The minimum absolute atomic E-state index is 0.0827. The molecule has 0 amide bonds. The molecule has 0 radical (unpaired) electrons. The van der Waals surface area contributed by atoms with Crippen LogP contribution >= 0.6 is 0 Å². The minimum atomic E-state index is -0.0827. The van der Waals surface area contributed by atoms with E-state index in [-0.39, 0.29) is 5.56 Å². The summed E-state index contributed by atoms with van der Waals surface area (Å²) in [6, 6.07) is 15.2. The molecule has 206 valence electrons. The van der Waals surface area contributed by atoms with Gasteiger partial charge in [0, 0.05) is 11.9 Å². The highest BCUT2D eigenvalue weighted by Gasteiger charge is 2.51. The van der Waals surface area contributed by atoms with Crippen molar-refractivity contribution >= 4 is 11.9 Å². The SMILES string of the molecule is Cc1ccc(-n2nc(C)c(N=Cc3c(C)[nH]n(-c4ccc(C56CC7CC(CC(C7)C5)C6)cc4)c3=O)c2C)cc1C. The van der Waals surface area contributed by atoms with Crippen LogP contribution in [0.4, 0.5) is 5.69 Å². The first-order valence-electron chi connectivity index (χ1n) is 14.8.